The molecule has 0 radical (unpaired) electrons. The molecule has 2 bridgehead atoms. The van der Waals surface area contributed by atoms with Gasteiger partial charge in [-0.1, -0.05) is 24.3 Å². The number of pyridine rings is 1. The highest BCUT2D eigenvalue weighted by Gasteiger charge is 2.38. The molecule has 2 amide bonds. The maximum absolute atomic E-state index is 12.9. The van der Waals surface area contributed by atoms with Crippen LogP contribution in [-0.4, -0.2) is 51.9 Å². The van der Waals surface area contributed by atoms with Crippen LogP contribution in [0.4, 0.5) is 0 Å². The minimum atomic E-state index is -0.174. The monoisotopic (exact) mass is 365 g/mol. The predicted octanol–water partition coefficient (Wildman–Crippen LogP) is 1.61. The molecule has 2 atom stereocenters. The largest absolute Gasteiger partial charge is 0.336 e. The summed E-state index contributed by atoms with van der Waals surface area (Å²) < 4.78 is 1.44. The first-order valence-electron chi connectivity index (χ1n) is 9.41. The van der Waals surface area contributed by atoms with E-state index in [-0.39, 0.29) is 35.9 Å². The first kappa shape index (κ1) is 17.5. The van der Waals surface area contributed by atoms with Crippen LogP contribution in [0, 0.1) is 5.92 Å². The van der Waals surface area contributed by atoms with Crippen molar-refractivity contribution in [1.82, 2.24) is 14.4 Å². The lowest BCUT2D eigenvalue weighted by Gasteiger charge is -2.36. The number of carbonyl (C=O) groups is 2. The van der Waals surface area contributed by atoms with Crippen molar-refractivity contribution in [3.8, 4) is 0 Å². The Kier molecular flexibility index (Phi) is 4.79. The normalized spacial score (nSPS) is 21.8. The minimum absolute atomic E-state index is 0.0170. The molecular weight excluding hydrogens is 342 g/mol. The molecule has 6 heteroatoms. The summed E-state index contributed by atoms with van der Waals surface area (Å²) in [4.78, 5) is 41.4. The fourth-order valence-electron chi connectivity index (χ4n) is 4.14. The van der Waals surface area contributed by atoms with Crippen LogP contribution < -0.4 is 5.56 Å². The van der Waals surface area contributed by atoms with Gasteiger partial charge < -0.3 is 14.4 Å². The fraction of sp³-hybridized carbons (Fsp3) is 0.381. The lowest BCUT2D eigenvalue weighted by molar-refractivity contribution is -0.136. The minimum Gasteiger partial charge on any atom is -0.336 e. The van der Waals surface area contributed by atoms with E-state index in [4.69, 9.17) is 0 Å². The molecule has 0 saturated carbocycles. The molecule has 1 aromatic carbocycles. The Morgan fingerprint density at radius 1 is 0.926 bits per heavy atom. The molecule has 3 fully saturated rings. The molecule has 3 aliphatic heterocycles. The van der Waals surface area contributed by atoms with Gasteiger partial charge in [-0.3, -0.25) is 14.4 Å². The molecule has 3 saturated heterocycles. The number of amides is 2. The van der Waals surface area contributed by atoms with E-state index in [9.17, 15) is 14.4 Å². The second-order valence-electron chi connectivity index (χ2n) is 7.39. The summed E-state index contributed by atoms with van der Waals surface area (Å²) in [5.74, 6) is 0.265. The zero-order valence-corrected chi connectivity index (χ0v) is 15.2. The van der Waals surface area contributed by atoms with Gasteiger partial charge in [0.05, 0.1) is 0 Å². The Labute approximate surface area is 158 Å². The molecule has 2 aromatic rings. The van der Waals surface area contributed by atoms with Gasteiger partial charge >= 0.3 is 0 Å². The quantitative estimate of drug-likeness (QED) is 0.830. The lowest BCUT2D eigenvalue weighted by atomic mass is 9.95. The van der Waals surface area contributed by atoms with E-state index in [1.54, 1.807) is 18.3 Å². The first-order valence-corrected chi connectivity index (χ1v) is 9.41. The Balaban J connectivity index is 1.50. The van der Waals surface area contributed by atoms with Crippen LogP contribution in [0.1, 0.15) is 23.2 Å². The molecule has 1 aromatic heterocycles. The summed E-state index contributed by atoms with van der Waals surface area (Å²) >= 11 is 0. The highest BCUT2D eigenvalue weighted by atomic mass is 16.2. The third-order valence-electron chi connectivity index (χ3n) is 5.55. The molecule has 4 heterocycles. The van der Waals surface area contributed by atoms with Crippen LogP contribution in [0.15, 0.2) is 59.5 Å². The Morgan fingerprint density at radius 3 is 2.48 bits per heavy atom. The summed E-state index contributed by atoms with van der Waals surface area (Å²) in [6.07, 6.45) is 3.57. The van der Waals surface area contributed by atoms with Gasteiger partial charge in [-0.25, -0.2) is 0 Å². The highest BCUT2D eigenvalue weighted by Crippen LogP contribution is 2.29. The van der Waals surface area contributed by atoms with Crippen LogP contribution in [0.25, 0.3) is 0 Å². The van der Waals surface area contributed by atoms with Crippen LogP contribution in [0.5, 0.6) is 0 Å². The topological polar surface area (TPSA) is 62.6 Å². The zero-order chi connectivity index (χ0) is 18.8. The second kappa shape index (κ2) is 7.39. The molecule has 3 aliphatic rings. The lowest BCUT2D eigenvalue weighted by Crippen LogP contribution is -2.49. The Morgan fingerprint density at radius 2 is 1.70 bits per heavy atom. The van der Waals surface area contributed by atoms with Gasteiger partial charge in [0.25, 0.3) is 11.5 Å². The smallest absolute Gasteiger partial charge is 0.253 e. The van der Waals surface area contributed by atoms with E-state index in [0.29, 0.717) is 25.2 Å². The van der Waals surface area contributed by atoms with Crippen molar-refractivity contribution in [1.29, 1.82) is 0 Å². The Bertz CT molecular complexity index is 893. The third-order valence-corrected chi connectivity index (χ3v) is 5.55. The number of nitrogens with zero attached hydrogens (tertiary/aromatic N) is 3. The maximum Gasteiger partial charge on any atom is 0.253 e. The van der Waals surface area contributed by atoms with Crippen LogP contribution in [-0.2, 0) is 11.3 Å². The average molecular weight is 365 g/mol. The molecule has 0 spiro atoms. The number of hydrogen-bond donors (Lipinski definition) is 0. The van der Waals surface area contributed by atoms with Gasteiger partial charge in [-0.05, 0) is 37.0 Å². The van der Waals surface area contributed by atoms with E-state index >= 15 is 0 Å². The van der Waals surface area contributed by atoms with E-state index in [1.165, 1.54) is 10.6 Å². The van der Waals surface area contributed by atoms with Gasteiger partial charge in [-0.15, -0.1) is 0 Å². The summed E-state index contributed by atoms with van der Waals surface area (Å²) in [5, 5.41) is 0. The molecule has 5 rings (SSSR count). The number of fused-ring (bicyclic) bond motifs is 4. The summed E-state index contributed by atoms with van der Waals surface area (Å²) in [7, 11) is 0. The molecule has 0 unspecified atom stereocenters. The van der Waals surface area contributed by atoms with E-state index < -0.39 is 0 Å². The maximum atomic E-state index is 12.9. The average Bonchev–Trinajstić information content (AvgIpc) is 3.02. The van der Waals surface area contributed by atoms with Crippen molar-refractivity contribution < 1.29 is 9.59 Å². The van der Waals surface area contributed by atoms with Gasteiger partial charge in [0.2, 0.25) is 5.91 Å². The number of aromatic nitrogens is 1. The van der Waals surface area contributed by atoms with Crippen molar-refractivity contribution in [3.63, 3.8) is 0 Å². The van der Waals surface area contributed by atoms with Crippen LogP contribution in [0.3, 0.4) is 0 Å². The number of benzene rings is 1. The number of rotatable bonds is 3. The van der Waals surface area contributed by atoms with Crippen molar-refractivity contribution in [3.05, 3.63) is 70.6 Å². The van der Waals surface area contributed by atoms with Gasteiger partial charge in [0, 0.05) is 43.5 Å². The number of carbonyl (C=O) groups excluding carboxylic acids is 2. The Hall–Kier alpha value is -2.89. The highest BCUT2D eigenvalue weighted by molar-refractivity contribution is 5.94. The third kappa shape index (κ3) is 3.65. The molecule has 140 valence electrons. The van der Waals surface area contributed by atoms with E-state index in [1.807, 2.05) is 40.1 Å². The summed E-state index contributed by atoms with van der Waals surface area (Å²) in [6, 6.07) is 14.2. The van der Waals surface area contributed by atoms with Crippen molar-refractivity contribution in [2.24, 2.45) is 5.92 Å². The number of piperidine rings is 1. The molecule has 0 N–H and O–H groups in total. The second-order valence-corrected chi connectivity index (χ2v) is 7.39. The fourth-order valence-corrected chi connectivity index (χ4v) is 4.14. The van der Waals surface area contributed by atoms with Crippen molar-refractivity contribution >= 4 is 11.8 Å². The van der Waals surface area contributed by atoms with Crippen LogP contribution >= 0.6 is 0 Å². The van der Waals surface area contributed by atoms with Crippen LogP contribution in [0.2, 0.25) is 0 Å². The summed E-state index contributed by atoms with van der Waals surface area (Å²) in [5.41, 5.74) is 0.513. The van der Waals surface area contributed by atoms with Crippen molar-refractivity contribution in [2.75, 3.05) is 19.6 Å². The SMILES string of the molecule is O=C(c1ccccc1)N1C[C@@H]2CC[C@H](C1)N(C(=O)Cn1ccccc1=O)C2. The molecule has 6 nitrogen and oxygen atoms in total. The molecule has 0 aliphatic carbocycles. The van der Waals surface area contributed by atoms with Crippen molar-refractivity contribution in [2.45, 2.75) is 25.4 Å². The van der Waals surface area contributed by atoms with Gasteiger partial charge in [0.1, 0.15) is 6.54 Å². The molecular formula is C21H23N3O3. The van der Waals surface area contributed by atoms with E-state index in [0.717, 1.165) is 12.8 Å². The summed E-state index contributed by atoms with van der Waals surface area (Å²) in [6.45, 7) is 1.94. The molecule has 27 heavy (non-hydrogen) atoms. The van der Waals surface area contributed by atoms with E-state index in [2.05, 4.69) is 0 Å². The predicted molar refractivity (Wildman–Crippen MR) is 101 cm³/mol. The first-order chi connectivity index (χ1) is 13.1. The zero-order valence-electron chi connectivity index (χ0n) is 15.2. The van der Waals surface area contributed by atoms with Gasteiger partial charge in [0.15, 0.2) is 0 Å². The van der Waals surface area contributed by atoms with Gasteiger partial charge in [-0.2, -0.15) is 0 Å². The number of hydrogen-bond acceptors (Lipinski definition) is 3. The standard InChI is InChI=1S/C21H23N3O3/c25-19-8-4-5-11-22(19)15-20(26)24-13-16-9-10-18(24)14-23(12-16)21(27)17-6-2-1-3-7-17/h1-8,11,16,18H,9-10,12-15H2/t16-,18+/m0/s1.